The van der Waals surface area contributed by atoms with Gasteiger partial charge < -0.3 is 0 Å². The third kappa shape index (κ3) is 7.19. The van der Waals surface area contributed by atoms with Crippen molar-refractivity contribution in [2.75, 3.05) is 37.0 Å². The Morgan fingerprint density at radius 1 is 0.406 bits per heavy atom. The van der Waals surface area contributed by atoms with Gasteiger partial charge in [0.15, 0.2) is 0 Å². The highest BCUT2D eigenvalue weighted by Crippen LogP contribution is 2.54. The Kier molecular flexibility index (Phi) is 10.3. The molecule has 9 atom stereocenters. The molecule has 2 heteroatoms. The van der Waals surface area contributed by atoms with Crippen LogP contribution in [0.2, 0.25) is 0 Å². The molecule has 0 aromatic heterocycles. The molecule has 0 amide bonds. The molecule has 0 nitrogen and oxygen atoms in total. The highest BCUT2D eigenvalue weighted by atomic mass is 31.1. The molecule has 0 spiro atoms. The van der Waals surface area contributed by atoms with E-state index in [-0.39, 0.29) is 15.8 Å². The molecule has 0 N–H and O–H groups in total. The molecule has 0 aromatic carbocycles. The van der Waals surface area contributed by atoms with E-state index in [1.807, 2.05) is 0 Å². The summed E-state index contributed by atoms with van der Waals surface area (Å²) in [6.07, 6.45) is 28.4. The van der Waals surface area contributed by atoms with E-state index in [1.54, 1.807) is 62.7 Å². The lowest BCUT2D eigenvalue weighted by Crippen LogP contribution is -2.19. The van der Waals surface area contributed by atoms with Crippen molar-refractivity contribution in [2.45, 2.75) is 105 Å². The second-order valence-corrected chi connectivity index (χ2v) is 18.2. The zero-order chi connectivity index (χ0) is 22.5. The number of hydrogen-bond donors (Lipinski definition) is 0. The van der Waals surface area contributed by atoms with Crippen molar-refractivity contribution in [3.63, 3.8) is 0 Å². The van der Waals surface area contributed by atoms with Crippen LogP contribution in [0.15, 0.2) is 0 Å². The van der Waals surface area contributed by atoms with Gasteiger partial charge in [0.05, 0.1) is 0 Å². The van der Waals surface area contributed by atoms with Gasteiger partial charge in [-0.05, 0) is 110 Å². The molecule has 0 saturated heterocycles. The van der Waals surface area contributed by atoms with Gasteiger partial charge >= 0.3 is 0 Å². The highest BCUT2D eigenvalue weighted by Gasteiger charge is 2.33. The fourth-order valence-electron chi connectivity index (χ4n) is 8.10. The molecule has 4 fully saturated rings. The molecular formula is C30H56P2. The molecule has 4 aliphatic carbocycles. The van der Waals surface area contributed by atoms with Crippen LogP contribution in [0.5, 0.6) is 0 Å². The summed E-state index contributed by atoms with van der Waals surface area (Å²) in [6, 6.07) is 0. The van der Waals surface area contributed by atoms with Gasteiger partial charge in [-0.2, -0.15) is 0 Å². The Balaban J connectivity index is 1.37. The molecule has 0 aromatic rings. The van der Waals surface area contributed by atoms with Crippen LogP contribution in [0.4, 0.5) is 0 Å². The maximum absolute atomic E-state index is 2.58. The normalized spacial score (nSPS) is 42.0. The maximum atomic E-state index is 2.58. The van der Waals surface area contributed by atoms with Gasteiger partial charge in [0.25, 0.3) is 0 Å². The minimum absolute atomic E-state index is 0.290. The van der Waals surface area contributed by atoms with Crippen LogP contribution in [-0.4, -0.2) is 37.0 Å². The zero-order valence-electron chi connectivity index (χ0n) is 22.2. The predicted octanol–water partition coefficient (Wildman–Crippen LogP) is 9.69. The number of hydrogen-bond acceptors (Lipinski definition) is 0. The lowest BCUT2D eigenvalue weighted by atomic mass is 10.0. The molecule has 0 bridgehead atoms. The summed E-state index contributed by atoms with van der Waals surface area (Å²) in [5.74, 6) is 8.48. The van der Waals surface area contributed by atoms with Crippen molar-refractivity contribution >= 4 is 15.8 Å². The molecular weight excluding hydrogens is 422 g/mol. The van der Waals surface area contributed by atoms with E-state index in [4.69, 9.17) is 0 Å². The predicted molar refractivity (Wildman–Crippen MR) is 149 cm³/mol. The summed E-state index contributed by atoms with van der Waals surface area (Å²) in [4.78, 5) is 0. The molecule has 32 heavy (non-hydrogen) atoms. The van der Waals surface area contributed by atoms with Gasteiger partial charge in [-0.1, -0.05) is 79.1 Å². The lowest BCUT2D eigenvalue weighted by Gasteiger charge is -2.32. The molecule has 0 radical (unpaired) electrons. The first-order valence-electron chi connectivity index (χ1n) is 14.9. The minimum Gasteiger partial charge on any atom is -0.106 e. The van der Waals surface area contributed by atoms with Crippen LogP contribution in [-0.2, 0) is 0 Å². The van der Waals surface area contributed by atoms with Gasteiger partial charge in [0.1, 0.15) is 0 Å². The van der Waals surface area contributed by atoms with Crippen molar-refractivity contribution in [2.24, 2.45) is 47.3 Å². The van der Waals surface area contributed by atoms with Crippen LogP contribution in [0.1, 0.15) is 105 Å². The van der Waals surface area contributed by atoms with Gasteiger partial charge in [0, 0.05) is 0 Å². The minimum atomic E-state index is 0.290. The van der Waals surface area contributed by atoms with E-state index in [9.17, 15) is 0 Å². The van der Waals surface area contributed by atoms with Crippen LogP contribution >= 0.6 is 15.8 Å². The zero-order valence-corrected chi connectivity index (χ0v) is 24.0. The molecule has 4 saturated carbocycles. The Morgan fingerprint density at radius 3 is 0.844 bits per heavy atom. The van der Waals surface area contributed by atoms with Gasteiger partial charge in [-0.15, -0.1) is 15.8 Å². The molecule has 0 heterocycles. The standard InChI is InChI=1S/C30H56P2/c1-23-9-5-13-27(23)19-31(20-28-14-6-10-24(28)2)17-18-32(21-29-15-7-11-25(29)3)22-30-16-8-12-26(30)4/h23-30H,5-22H2,1-4H3/t23-,24-,25+,26?,27?,28?,29?,30?,31?,32?/m0/s1. The van der Waals surface area contributed by atoms with Crippen molar-refractivity contribution in [1.82, 2.24) is 0 Å². The summed E-state index contributed by atoms with van der Waals surface area (Å²) in [7, 11) is 0.580. The van der Waals surface area contributed by atoms with E-state index < -0.39 is 0 Å². The number of rotatable bonds is 11. The second-order valence-electron chi connectivity index (χ2n) is 13.2. The second kappa shape index (κ2) is 12.7. The average Bonchev–Trinajstić information content (AvgIpc) is 3.55. The molecule has 4 aliphatic rings. The summed E-state index contributed by atoms with van der Waals surface area (Å²) in [6.45, 7) is 10.3. The maximum Gasteiger partial charge on any atom is -0.0286 e. The summed E-state index contributed by atoms with van der Waals surface area (Å²) < 4.78 is 0. The third-order valence-electron chi connectivity index (χ3n) is 10.9. The van der Waals surface area contributed by atoms with Gasteiger partial charge in [-0.3, -0.25) is 0 Å². The van der Waals surface area contributed by atoms with Gasteiger partial charge in [-0.25, -0.2) is 0 Å². The lowest BCUT2D eigenvalue weighted by molar-refractivity contribution is 0.448. The summed E-state index contributed by atoms with van der Waals surface area (Å²) in [5.41, 5.74) is 0. The van der Waals surface area contributed by atoms with Crippen molar-refractivity contribution < 1.29 is 0 Å². The van der Waals surface area contributed by atoms with E-state index in [2.05, 4.69) is 27.7 Å². The topological polar surface area (TPSA) is 0 Å². The fraction of sp³-hybridized carbons (Fsp3) is 1.00. The van der Waals surface area contributed by atoms with E-state index in [1.165, 1.54) is 51.4 Å². The largest absolute Gasteiger partial charge is 0.106 e. The van der Waals surface area contributed by atoms with Crippen molar-refractivity contribution in [3.8, 4) is 0 Å². The SMILES string of the molecule is CC1CCCC1CP(CCP(CC1CCC[C@@H]1C)CC1CCC[C@@H]1C)CC1CCC[C@H]1C. The van der Waals surface area contributed by atoms with Crippen LogP contribution in [0.25, 0.3) is 0 Å². The Morgan fingerprint density at radius 2 is 0.656 bits per heavy atom. The first kappa shape index (κ1) is 25.9. The van der Waals surface area contributed by atoms with Crippen LogP contribution in [0, 0.1) is 47.3 Å². The smallest absolute Gasteiger partial charge is 0.0286 e. The van der Waals surface area contributed by atoms with Crippen LogP contribution in [0.3, 0.4) is 0 Å². The quantitative estimate of drug-likeness (QED) is 0.259. The van der Waals surface area contributed by atoms with Crippen molar-refractivity contribution in [3.05, 3.63) is 0 Å². The summed E-state index contributed by atoms with van der Waals surface area (Å²) >= 11 is 0. The van der Waals surface area contributed by atoms with E-state index in [0.29, 0.717) is 0 Å². The summed E-state index contributed by atoms with van der Waals surface area (Å²) in [5, 5.41) is 0. The molecule has 6 unspecified atom stereocenters. The monoisotopic (exact) mass is 478 g/mol. The van der Waals surface area contributed by atoms with Gasteiger partial charge in [0.2, 0.25) is 0 Å². The third-order valence-corrected chi connectivity index (χ3v) is 16.9. The molecule has 0 aliphatic heterocycles. The average molecular weight is 479 g/mol. The first-order valence-corrected chi connectivity index (χ1v) is 18.7. The fourth-order valence-corrected chi connectivity index (χ4v) is 16.2. The van der Waals surface area contributed by atoms with E-state index >= 15 is 0 Å². The Labute approximate surface area is 204 Å². The van der Waals surface area contributed by atoms with Crippen molar-refractivity contribution in [1.29, 1.82) is 0 Å². The van der Waals surface area contributed by atoms with E-state index in [0.717, 1.165) is 47.3 Å². The molecule has 4 rings (SSSR count). The van der Waals surface area contributed by atoms with Crippen LogP contribution < -0.4 is 0 Å². The molecule has 186 valence electrons. The first-order chi connectivity index (χ1) is 15.5. The highest BCUT2D eigenvalue weighted by molar-refractivity contribution is 7.61. The Bertz CT molecular complexity index is 455. The Hall–Kier alpha value is 0.860.